The Morgan fingerprint density at radius 3 is 3.04 bits per heavy atom. The summed E-state index contributed by atoms with van der Waals surface area (Å²) in [6.45, 7) is 6.87. The molecule has 1 aliphatic heterocycles. The summed E-state index contributed by atoms with van der Waals surface area (Å²) < 4.78 is 3.82. The van der Waals surface area contributed by atoms with E-state index in [1.54, 1.807) is 24.5 Å². The lowest BCUT2D eigenvalue weighted by Crippen LogP contribution is -2.33. The maximum Gasteiger partial charge on any atom is 0.244 e. The molecule has 2 aromatic rings. The second kappa shape index (κ2) is 7.77. The molecule has 0 spiro atoms. The Hall–Kier alpha value is -2.22. The Labute approximate surface area is 148 Å². The molecule has 0 aromatic carbocycles. The molecule has 1 aliphatic rings. The van der Waals surface area contributed by atoms with Crippen LogP contribution in [0.3, 0.4) is 0 Å². The number of nitrogens with zero attached hydrogens (tertiary/aromatic N) is 6. The highest BCUT2D eigenvalue weighted by atomic mass is 16.2. The van der Waals surface area contributed by atoms with Gasteiger partial charge in [0.1, 0.15) is 12.9 Å². The molecule has 1 saturated heterocycles. The highest BCUT2D eigenvalue weighted by Gasteiger charge is 2.21. The first-order valence-electron chi connectivity index (χ1n) is 8.91. The molecule has 0 saturated carbocycles. The number of nitrogens with one attached hydrogen (secondary N) is 1. The van der Waals surface area contributed by atoms with Crippen LogP contribution in [0.25, 0.3) is 0 Å². The molecule has 0 unspecified atom stereocenters. The van der Waals surface area contributed by atoms with Gasteiger partial charge in [-0.1, -0.05) is 0 Å². The Balaban J connectivity index is 1.64. The summed E-state index contributed by atoms with van der Waals surface area (Å²) in [5.74, 6) is 1.24. The summed E-state index contributed by atoms with van der Waals surface area (Å²) in [5, 5.41) is 15.9. The average molecular weight is 345 g/mol. The topological polar surface area (TPSA) is 80.9 Å². The van der Waals surface area contributed by atoms with Crippen LogP contribution in [-0.2, 0) is 17.9 Å². The van der Waals surface area contributed by atoms with E-state index in [2.05, 4.69) is 34.5 Å². The van der Waals surface area contributed by atoms with Gasteiger partial charge >= 0.3 is 0 Å². The first kappa shape index (κ1) is 17.6. The highest BCUT2D eigenvalue weighted by Crippen LogP contribution is 2.22. The van der Waals surface area contributed by atoms with Crippen molar-refractivity contribution in [2.45, 2.75) is 51.7 Å². The molecule has 0 bridgehead atoms. The van der Waals surface area contributed by atoms with Crippen molar-refractivity contribution in [3.8, 4) is 0 Å². The van der Waals surface area contributed by atoms with Crippen molar-refractivity contribution in [1.29, 1.82) is 0 Å². The molecule has 136 valence electrons. The summed E-state index contributed by atoms with van der Waals surface area (Å²) in [6.07, 6.45) is 5.79. The lowest BCUT2D eigenvalue weighted by Gasteiger charge is -2.24. The molecule has 8 nitrogen and oxygen atoms in total. The van der Waals surface area contributed by atoms with Gasteiger partial charge in [-0.3, -0.25) is 9.48 Å². The molecule has 8 heteroatoms. The van der Waals surface area contributed by atoms with Gasteiger partial charge < -0.3 is 14.8 Å². The third kappa shape index (κ3) is 4.07. The van der Waals surface area contributed by atoms with Crippen LogP contribution in [0.15, 0.2) is 18.6 Å². The van der Waals surface area contributed by atoms with E-state index < -0.39 is 0 Å². The fourth-order valence-electron chi connectivity index (χ4n) is 3.29. The minimum atomic E-state index is 0.0204. The second-order valence-corrected chi connectivity index (χ2v) is 6.95. The van der Waals surface area contributed by atoms with Gasteiger partial charge in [0.25, 0.3) is 0 Å². The van der Waals surface area contributed by atoms with Crippen LogP contribution in [0.4, 0.5) is 0 Å². The Kier molecular flexibility index (Phi) is 5.47. The first-order valence-corrected chi connectivity index (χ1v) is 8.91. The van der Waals surface area contributed by atoms with Crippen molar-refractivity contribution >= 4 is 5.91 Å². The monoisotopic (exact) mass is 345 g/mol. The molecule has 0 aliphatic carbocycles. The zero-order valence-electron chi connectivity index (χ0n) is 15.2. The van der Waals surface area contributed by atoms with Crippen LogP contribution < -0.4 is 5.32 Å². The molecular formula is C17H27N7O. The van der Waals surface area contributed by atoms with Crippen LogP contribution in [0.2, 0.25) is 0 Å². The van der Waals surface area contributed by atoms with Gasteiger partial charge in [-0.25, -0.2) is 0 Å². The summed E-state index contributed by atoms with van der Waals surface area (Å²) in [5.41, 5.74) is 1.14. The van der Waals surface area contributed by atoms with Crippen molar-refractivity contribution < 1.29 is 4.79 Å². The summed E-state index contributed by atoms with van der Waals surface area (Å²) >= 11 is 0. The SMILES string of the molecule is CC(C)n1cnnc1CN(C)C(=O)Cn1nccc1[C@H]1CCCNC1. The van der Waals surface area contributed by atoms with E-state index in [9.17, 15) is 4.79 Å². The lowest BCUT2D eigenvalue weighted by atomic mass is 9.96. The Morgan fingerprint density at radius 1 is 1.48 bits per heavy atom. The molecule has 1 fully saturated rings. The number of rotatable bonds is 6. The predicted octanol–water partition coefficient (Wildman–Crippen LogP) is 1.18. The van der Waals surface area contributed by atoms with Gasteiger partial charge in [0.15, 0.2) is 5.82 Å². The maximum atomic E-state index is 12.6. The average Bonchev–Trinajstić information content (AvgIpc) is 3.25. The lowest BCUT2D eigenvalue weighted by molar-refractivity contribution is -0.131. The van der Waals surface area contributed by atoms with Gasteiger partial charge in [-0.15, -0.1) is 10.2 Å². The number of carbonyl (C=O) groups is 1. The molecule has 1 atom stereocenters. The van der Waals surface area contributed by atoms with Crippen molar-refractivity contribution in [2.24, 2.45) is 0 Å². The van der Waals surface area contributed by atoms with E-state index in [-0.39, 0.29) is 18.5 Å². The number of hydrogen-bond donors (Lipinski definition) is 1. The van der Waals surface area contributed by atoms with Crippen molar-refractivity contribution in [2.75, 3.05) is 20.1 Å². The number of amides is 1. The van der Waals surface area contributed by atoms with Gasteiger partial charge in [-0.2, -0.15) is 5.10 Å². The zero-order chi connectivity index (χ0) is 17.8. The molecule has 0 radical (unpaired) electrons. The van der Waals surface area contributed by atoms with Gasteiger partial charge in [-0.05, 0) is 39.3 Å². The molecule has 3 heterocycles. The zero-order valence-corrected chi connectivity index (χ0v) is 15.2. The largest absolute Gasteiger partial charge is 0.337 e. The molecule has 3 rings (SSSR count). The van der Waals surface area contributed by atoms with E-state index in [1.807, 2.05) is 15.3 Å². The van der Waals surface area contributed by atoms with Gasteiger partial charge in [0, 0.05) is 37.4 Å². The normalized spacial score (nSPS) is 17.8. The van der Waals surface area contributed by atoms with Crippen LogP contribution in [0.1, 0.15) is 50.2 Å². The third-order valence-electron chi connectivity index (χ3n) is 4.76. The Bertz CT molecular complexity index is 699. The Morgan fingerprint density at radius 2 is 2.32 bits per heavy atom. The highest BCUT2D eigenvalue weighted by molar-refractivity contribution is 5.75. The van der Waals surface area contributed by atoms with E-state index in [0.717, 1.165) is 37.4 Å². The number of piperidine rings is 1. The van der Waals surface area contributed by atoms with E-state index in [0.29, 0.717) is 12.5 Å². The number of likely N-dealkylation sites (N-methyl/N-ethyl adjacent to an activating group) is 1. The van der Waals surface area contributed by atoms with Crippen molar-refractivity contribution in [1.82, 2.24) is 34.8 Å². The van der Waals surface area contributed by atoms with Gasteiger partial charge in [0.05, 0.1) is 6.54 Å². The van der Waals surface area contributed by atoms with Crippen molar-refractivity contribution in [3.05, 3.63) is 30.1 Å². The molecular weight excluding hydrogens is 318 g/mol. The number of hydrogen-bond acceptors (Lipinski definition) is 5. The van der Waals surface area contributed by atoms with E-state index in [4.69, 9.17) is 0 Å². The first-order chi connectivity index (χ1) is 12.1. The third-order valence-corrected chi connectivity index (χ3v) is 4.76. The number of aromatic nitrogens is 5. The second-order valence-electron chi connectivity index (χ2n) is 6.95. The molecule has 1 N–H and O–H groups in total. The van der Waals surface area contributed by atoms with Crippen molar-refractivity contribution in [3.63, 3.8) is 0 Å². The summed E-state index contributed by atoms with van der Waals surface area (Å²) in [4.78, 5) is 14.3. The minimum absolute atomic E-state index is 0.0204. The standard InChI is InChI=1S/C17H27N7O/c1-13(2)23-12-19-21-16(23)10-22(3)17(25)11-24-15(6-8-20-24)14-5-4-7-18-9-14/h6,8,12-14,18H,4-5,7,9-11H2,1-3H3/t14-/m0/s1. The smallest absolute Gasteiger partial charge is 0.244 e. The van der Waals surface area contributed by atoms with Crippen LogP contribution >= 0.6 is 0 Å². The molecule has 2 aromatic heterocycles. The van der Waals surface area contributed by atoms with Crippen LogP contribution in [0.5, 0.6) is 0 Å². The van der Waals surface area contributed by atoms with E-state index >= 15 is 0 Å². The summed E-state index contributed by atoms with van der Waals surface area (Å²) in [7, 11) is 1.80. The van der Waals surface area contributed by atoms with Crippen LogP contribution in [0, 0.1) is 0 Å². The predicted molar refractivity (Wildman–Crippen MR) is 94.0 cm³/mol. The van der Waals surface area contributed by atoms with Crippen LogP contribution in [-0.4, -0.2) is 55.5 Å². The van der Waals surface area contributed by atoms with E-state index in [1.165, 1.54) is 0 Å². The van der Waals surface area contributed by atoms with Gasteiger partial charge in [0.2, 0.25) is 5.91 Å². The molecule has 1 amide bonds. The fraction of sp³-hybridized carbons (Fsp3) is 0.647. The fourth-order valence-corrected chi connectivity index (χ4v) is 3.29. The maximum absolute atomic E-state index is 12.6. The molecule has 25 heavy (non-hydrogen) atoms. The minimum Gasteiger partial charge on any atom is -0.337 e. The number of carbonyl (C=O) groups excluding carboxylic acids is 1. The summed E-state index contributed by atoms with van der Waals surface area (Å²) in [6, 6.07) is 2.30. The quantitative estimate of drug-likeness (QED) is 0.850.